The van der Waals surface area contributed by atoms with E-state index < -0.39 is 5.97 Å². The zero-order valence-corrected chi connectivity index (χ0v) is 15.6. The normalized spacial score (nSPS) is 20.1. The first-order valence-corrected chi connectivity index (χ1v) is 8.89. The lowest BCUT2D eigenvalue weighted by atomic mass is 9.73. The average molecular weight is 344 g/mol. The van der Waals surface area contributed by atoms with Gasteiger partial charge in [-0.15, -0.1) is 0 Å². The summed E-state index contributed by atoms with van der Waals surface area (Å²) >= 11 is 0. The Kier molecular flexibility index (Phi) is 5.93. The highest BCUT2D eigenvalue weighted by molar-refractivity contribution is 5.95. The molecule has 2 rings (SSSR count). The van der Waals surface area contributed by atoms with Gasteiger partial charge >= 0.3 is 5.97 Å². The molecule has 136 valence electrons. The summed E-state index contributed by atoms with van der Waals surface area (Å²) in [5, 5.41) is 21.5. The number of aryl methyl sites for hydroxylation is 1. The Morgan fingerprint density at radius 3 is 2.60 bits per heavy atom. The molecule has 4 heteroatoms. The summed E-state index contributed by atoms with van der Waals surface area (Å²) in [7, 11) is 0. The SMILES string of the molecule is C=C(C)[C@H]1CCC(C)=CC1c1c(O)cc(CC)c(C(=O)OCC)c1O. The standard InChI is InChI=1S/C21H28O4/c1-6-14-11-17(22)19(20(23)18(14)21(24)25-7-2)16-10-13(5)8-9-15(16)12(3)4/h10-11,15-16,22-23H,3,6-9H2,1-2,4-5H3/t15-,16?/m1/s1. The minimum atomic E-state index is -0.554. The molecule has 1 aromatic rings. The largest absolute Gasteiger partial charge is 0.507 e. The average Bonchev–Trinajstić information content (AvgIpc) is 2.54. The zero-order chi connectivity index (χ0) is 18.7. The highest BCUT2D eigenvalue weighted by Gasteiger charge is 2.33. The molecule has 0 fully saturated rings. The first-order chi connectivity index (χ1) is 11.8. The third-order valence-corrected chi connectivity index (χ3v) is 4.97. The third-order valence-electron chi connectivity index (χ3n) is 4.97. The Hall–Kier alpha value is -2.23. The second kappa shape index (κ2) is 7.77. The predicted octanol–water partition coefficient (Wildman–Crippen LogP) is 4.85. The van der Waals surface area contributed by atoms with E-state index in [0.717, 1.165) is 18.4 Å². The van der Waals surface area contributed by atoms with Gasteiger partial charge in [0.05, 0.1) is 6.61 Å². The number of phenolic OH excluding ortho intramolecular Hbond substituents is 2. The third kappa shape index (κ3) is 3.73. The molecule has 0 saturated carbocycles. The van der Waals surface area contributed by atoms with Gasteiger partial charge in [-0.3, -0.25) is 0 Å². The van der Waals surface area contributed by atoms with E-state index in [1.165, 1.54) is 5.57 Å². The van der Waals surface area contributed by atoms with E-state index in [1.807, 2.05) is 20.8 Å². The second-order valence-corrected chi connectivity index (χ2v) is 6.80. The molecule has 2 N–H and O–H groups in total. The number of carbonyl (C=O) groups is 1. The lowest BCUT2D eigenvalue weighted by Gasteiger charge is -2.32. The van der Waals surface area contributed by atoms with Crippen molar-refractivity contribution in [1.82, 2.24) is 0 Å². The predicted molar refractivity (Wildman–Crippen MR) is 99.1 cm³/mol. The Bertz CT molecular complexity index is 715. The van der Waals surface area contributed by atoms with Crippen molar-refractivity contribution in [2.24, 2.45) is 5.92 Å². The van der Waals surface area contributed by atoms with Gasteiger partial charge < -0.3 is 14.9 Å². The molecule has 2 atom stereocenters. The first kappa shape index (κ1) is 19.1. The van der Waals surface area contributed by atoms with Crippen LogP contribution in [0, 0.1) is 5.92 Å². The molecule has 0 heterocycles. The van der Waals surface area contributed by atoms with Crippen LogP contribution in [0.1, 0.15) is 67.9 Å². The minimum absolute atomic E-state index is 0.0181. The summed E-state index contributed by atoms with van der Waals surface area (Å²) in [6, 6.07) is 1.58. The van der Waals surface area contributed by atoms with Gasteiger partial charge in [-0.2, -0.15) is 0 Å². The van der Waals surface area contributed by atoms with E-state index in [9.17, 15) is 15.0 Å². The van der Waals surface area contributed by atoms with Crippen molar-refractivity contribution in [1.29, 1.82) is 0 Å². The molecule has 0 aromatic heterocycles. The van der Waals surface area contributed by atoms with Crippen LogP contribution in [0.15, 0.2) is 29.9 Å². The van der Waals surface area contributed by atoms with Crippen molar-refractivity contribution in [2.45, 2.75) is 52.9 Å². The van der Waals surface area contributed by atoms with E-state index in [1.54, 1.807) is 13.0 Å². The topological polar surface area (TPSA) is 66.8 Å². The van der Waals surface area contributed by atoms with Crippen LogP contribution in [0.3, 0.4) is 0 Å². The molecular weight excluding hydrogens is 316 g/mol. The zero-order valence-electron chi connectivity index (χ0n) is 15.6. The molecule has 0 radical (unpaired) electrons. The number of carbonyl (C=O) groups excluding carboxylic acids is 1. The summed E-state index contributed by atoms with van der Waals surface area (Å²) in [4.78, 5) is 12.4. The van der Waals surface area contributed by atoms with Gasteiger partial charge in [0.2, 0.25) is 0 Å². The number of benzene rings is 1. The number of allylic oxidation sites excluding steroid dienone is 3. The molecular formula is C21H28O4. The first-order valence-electron chi connectivity index (χ1n) is 8.89. The van der Waals surface area contributed by atoms with E-state index in [2.05, 4.69) is 12.7 Å². The fourth-order valence-corrected chi connectivity index (χ4v) is 3.67. The minimum Gasteiger partial charge on any atom is -0.507 e. The number of esters is 1. The molecule has 1 unspecified atom stereocenters. The molecule has 0 bridgehead atoms. The van der Waals surface area contributed by atoms with Gasteiger partial charge in [-0.1, -0.05) is 30.7 Å². The monoisotopic (exact) mass is 344 g/mol. The van der Waals surface area contributed by atoms with Crippen molar-refractivity contribution in [3.05, 3.63) is 46.6 Å². The smallest absolute Gasteiger partial charge is 0.342 e. The molecule has 0 aliphatic heterocycles. The van der Waals surface area contributed by atoms with Crippen molar-refractivity contribution in [2.75, 3.05) is 6.61 Å². The number of phenols is 2. The number of rotatable bonds is 5. The fraction of sp³-hybridized carbons (Fsp3) is 0.476. The Morgan fingerprint density at radius 2 is 2.04 bits per heavy atom. The van der Waals surface area contributed by atoms with E-state index >= 15 is 0 Å². The van der Waals surface area contributed by atoms with Crippen LogP contribution in [0.2, 0.25) is 0 Å². The molecule has 1 aliphatic rings. The molecule has 0 amide bonds. The molecule has 25 heavy (non-hydrogen) atoms. The van der Waals surface area contributed by atoms with Gasteiger partial charge in [0.1, 0.15) is 17.1 Å². The Morgan fingerprint density at radius 1 is 1.36 bits per heavy atom. The van der Waals surface area contributed by atoms with E-state index in [0.29, 0.717) is 17.5 Å². The van der Waals surface area contributed by atoms with E-state index in [4.69, 9.17) is 4.74 Å². The lowest BCUT2D eigenvalue weighted by Crippen LogP contribution is -2.18. The van der Waals surface area contributed by atoms with Crippen LogP contribution in [0.5, 0.6) is 11.5 Å². The second-order valence-electron chi connectivity index (χ2n) is 6.80. The summed E-state index contributed by atoms with van der Waals surface area (Å²) in [5.74, 6) is -0.795. The molecule has 1 aromatic carbocycles. The van der Waals surface area contributed by atoms with Crippen LogP contribution in [-0.4, -0.2) is 22.8 Å². The summed E-state index contributed by atoms with van der Waals surface area (Å²) in [6.07, 6.45) is 4.45. The molecule has 0 spiro atoms. The van der Waals surface area contributed by atoms with Gasteiger partial charge in [-0.05, 0) is 57.6 Å². The number of ether oxygens (including phenoxy) is 1. The maximum absolute atomic E-state index is 12.4. The van der Waals surface area contributed by atoms with Gasteiger partial charge in [-0.25, -0.2) is 4.79 Å². The van der Waals surface area contributed by atoms with E-state index in [-0.39, 0.29) is 35.5 Å². The van der Waals surface area contributed by atoms with Crippen molar-refractivity contribution < 1.29 is 19.7 Å². The maximum Gasteiger partial charge on any atom is 0.342 e. The Balaban J connectivity index is 2.68. The number of hydrogen-bond donors (Lipinski definition) is 2. The van der Waals surface area contributed by atoms with Crippen LogP contribution >= 0.6 is 0 Å². The summed E-state index contributed by atoms with van der Waals surface area (Å²) in [5.41, 5.74) is 3.35. The lowest BCUT2D eigenvalue weighted by molar-refractivity contribution is 0.0521. The quantitative estimate of drug-likeness (QED) is 0.592. The van der Waals surface area contributed by atoms with Gasteiger partial charge in [0, 0.05) is 11.5 Å². The van der Waals surface area contributed by atoms with Crippen molar-refractivity contribution in [3.8, 4) is 11.5 Å². The number of aromatic hydroxyl groups is 2. The summed E-state index contributed by atoms with van der Waals surface area (Å²) in [6.45, 7) is 11.9. The fourth-order valence-electron chi connectivity index (χ4n) is 3.67. The molecule has 4 nitrogen and oxygen atoms in total. The van der Waals surface area contributed by atoms with Crippen LogP contribution in [0.4, 0.5) is 0 Å². The van der Waals surface area contributed by atoms with Gasteiger partial charge in [0.25, 0.3) is 0 Å². The van der Waals surface area contributed by atoms with Crippen LogP contribution < -0.4 is 0 Å². The van der Waals surface area contributed by atoms with Crippen LogP contribution in [0.25, 0.3) is 0 Å². The molecule has 1 aliphatic carbocycles. The number of hydrogen-bond acceptors (Lipinski definition) is 4. The van der Waals surface area contributed by atoms with Crippen molar-refractivity contribution >= 4 is 5.97 Å². The maximum atomic E-state index is 12.4. The van der Waals surface area contributed by atoms with Crippen molar-refractivity contribution in [3.63, 3.8) is 0 Å². The highest BCUT2D eigenvalue weighted by Crippen LogP contribution is 2.48. The summed E-state index contributed by atoms with van der Waals surface area (Å²) < 4.78 is 5.12. The van der Waals surface area contributed by atoms with Crippen LogP contribution in [-0.2, 0) is 11.2 Å². The Labute approximate surface area is 149 Å². The molecule has 0 saturated heterocycles. The van der Waals surface area contributed by atoms with Gasteiger partial charge in [0.15, 0.2) is 0 Å². The highest BCUT2D eigenvalue weighted by atomic mass is 16.5.